The van der Waals surface area contributed by atoms with Crippen molar-refractivity contribution in [3.63, 3.8) is 0 Å². The van der Waals surface area contributed by atoms with Crippen LogP contribution >= 0.6 is 0 Å². The lowest BCUT2D eigenvalue weighted by atomic mass is 10.2. The predicted octanol–water partition coefficient (Wildman–Crippen LogP) is 4.16. The highest BCUT2D eigenvalue weighted by molar-refractivity contribution is 5.81. The first-order chi connectivity index (χ1) is 9.78. The molecule has 3 rings (SSSR count). The average Bonchev–Trinajstić information content (AvgIpc) is 2.90. The maximum Gasteiger partial charge on any atom is 0.169 e. The minimum Gasteiger partial charge on any atom is -0.497 e. The number of para-hydroxylation sites is 1. The molecule has 0 spiro atoms. The Morgan fingerprint density at radius 2 is 1.90 bits per heavy atom. The van der Waals surface area contributed by atoms with E-state index >= 15 is 0 Å². The molecule has 1 aromatic heterocycles. The zero-order valence-electron chi connectivity index (χ0n) is 10.9. The molecule has 0 saturated carbocycles. The standard InChI is InChI=1S/C16H13FO3/c1-18-12-4-2-5-13(8-12)19-9-11-10-20-16-14(11)6-3-7-15(16)17/h2-8,10H,9H2,1H3. The van der Waals surface area contributed by atoms with Crippen LogP contribution in [0.15, 0.2) is 53.1 Å². The minimum absolute atomic E-state index is 0.261. The zero-order valence-corrected chi connectivity index (χ0v) is 10.9. The summed E-state index contributed by atoms with van der Waals surface area (Å²) in [7, 11) is 1.60. The van der Waals surface area contributed by atoms with Crippen molar-refractivity contribution in [2.75, 3.05) is 7.11 Å². The summed E-state index contributed by atoms with van der Waals surface area (Å²) in [5, 5.41) is 0.730. The fourth-order valence-corrected chi connectivity index (χ4v) is 2.04. The number of hydrogen-bond donors (Lipinski definition) is 0. The maximum absolute atomic E-state index is 13.5. The third-order valence-corrected chi connectivity index (χ3v) is 3.07. The monoisotopic (exact) mass is 272 g/mol. The maximum atomic E-state index is 13.5. The second-order valence-corrected chi connectivity index (χ2v) is 4.35. The van der Waals surface area contributed by atoms with Gasteiger partial charge in [0.2, 0.25) is 0 Å². The summed E-state index contributed by atoms with van der Waals surface area (Å²) in [6.07, 6.45) is 1.52. The molecule has 4 heteroatoms. The number of hydrogen-bond acceptors (Lipinski definition) is 3. The minimum atomic E-state index is -0.366. The van der Waals surface area contributed by atoms with Crippen LogP contribution in [0.5, 0.6) is 11.5 Å². The van der Waals surface area contributed by atoms with Gasteiger partial charge in [0.25, 0.3) is 0 Å². The lowest BCUT2D eigenvalue weighted by Crippen LogP contribution is -1.94. The molecule has 102 valence electrons. The van der Waals surface area contributed by atoms with Crippen molar-refractivity contribution in [3.8, 4) is 11.5 Å². The lowest BCUT2D eigenvalue weighted by Gasteiger charge is -2.06. The molecular weight excluding hydrogens is 259 g/mol. The molecule has 0 radical (unpaired) electrons. The number of benzene rings is 2. The van der Waals surface area contributed by atoms with Crippen molar-refractivity contribution in [2.45, 2.75) is 6.61 Å². The molecule has 0 amide bonds. The summed E-state index contributed by atoms with van der Waals surface area (Å²) in [6, 6.07) is 12.2. The molecule has 0 atom stereocenters. The van der Waals surface area contributed by atoms with Gasteiger partial charge in [0.1, 0.15) is 18.1 Å². The number of fused-ring (bicyclic) bond motifs is 1. The molecule has 3 nitrogen and oxygen atoms in total. The fraction of sp³-hybridized carbons (Fsp3) is 0.125. The van der Waals surface area contributed by atoms with E-state index in [9.17, 15) is 4.39 Å². The van der Waals surface area contributed by atoms with Crippen LogP contribution in [0.4, 0.5) is 4.39 Å². The highest BCUT2D eigenvalue weighted by Gasteiger charge is 2.10. The van der Waals surface area contributed by atoms with Crippen molar-refractivity contribution in [2.24, 2.45) is 0 Å². The molecular formula is C16H13FO3. The molecule has 0 unspecified atom stereocenters. The van der Waals surface area contributed by atoms with Crippen LogP contribution in [0.25, 0.3) is 11.0 Å². The van der Waals surface area contributed by atoms with Gasteiger partial charge in [0, 0.05) is 17.0 Å². The van der Waals surface area contributed by atoms with Crippen molar-refractivity contribution >= 4 is 11.0 Å². The first-order valence-electron chi connectivity index (χ1n) is 6.19. The normalized spacial score (nSPS) is 10.7. The van der Waals surface area contributed by atoms with Gasteiger partial charge in [0.15, 0.2) is 11.4 Å². The summed E-state index contributed by atoms with van der Waals surface area (Å²) in [4.78, 5) is 0. The topological polar surface area (TPSA) is 31.6 Å². The third-order valence-electron chi connectivity index (χ3n) is 3.07. The first kappa shape index (κ1) is 12.5. The van der Waals surface area contributed by atoms with E-state index in [1.807, 2.05) is 24.3 Å². The fourth-order valence-electron chi connectivity index (χ4n) is 2.04. The molecule has 0 fully saturated rings. The summed E-state index contributed by atoms with van der Waals surface area (Å²) in [6.45, 7) is 0.309. The third kappa shape index (κ3) is 2.32. The first-order valence-corrected chi connectivity index (χ1v) is 6.19. The molecule has 0 N–H and O–H groups in total. The number of methoxy groups -OCH3 is 1. The van der Waals surface area contributed by atoms with Crippen molar-refractivity contribution in [1.29, 1.82) is 0 Å². The molecule has 0 saturated heterocycles. The number of halogens is 1. The largest absolute Gasteiger partial charge is 0.497 e. The van der Waals surface area contributed by atoms with Gasteiger partial charge < -0.3 is 13.9 Å². The summed E-state index contributed by atoms with van der Waals surface area (Å²) in [5.74, 6) is 1.05. The van der Waals surface area contributed by atoms with Gasteiger partial charge in [-0.05, 0) is 18.2 Å². The van der Waals surface area contributed by atoms with E-state index in [4.69, 9.17) is 13.9 Å². The van der Waals surface area contributed by atoms with Crippen molar-refractivity contribution < 1.29 is 18.3 Å². The van der Waals surface area contributed by atoms with Gasteiger partial charge >= 0.3 is 0 Å². The van der Waals surface area contributed by atoms with E-state index in [0.717, 1.165) is 16.7 Å². The van der Waals surface area contributed by atoms with Gasteiger partial charge in [0.05, 0.1) is 13.4 Å². The van der Waals surface area contributed by atoms with Crippen LogP contribution in [-0.2, 0) is 6.61 Å². The second kappa shape index (κ2) is 5.25. The zero-order chi connectivity index (χ0) is 13.9. The molecule has 2 aromatic carbocycles. The van der Waals surface area contributed by atoms with Gasteiger partial charge in [-0.15, -0.1) is 0 Å². The van der Waals surface area contributed by atoms with E-state index in [2.05, 4.69) is 0 Å². The average molecular weight is 272 g/mol. The molecule has 0 aliphatic rings. The van der Waals surface area contributed by atoms with Crippen LogP contribution in [0.3, 0.4) is 0 Å². The summed E-state index contributed by atoms with van der Waals surface area (Å²) < 4.78 is 29.6. The van der Waals surface area contributed by atoms with Crippen LogP contribution in [0, 0.1) is 5.82 Å². The molecule has 3 aromatic rings. The van der Waals surface area contributed by atoms with E-state index in [1.165, 1.54) is 12.3 Å². The molecule has 0 bridgehead atoms. The smallest absolute Gasteiger partial charge is 0.169 e. The lowest BCUT2D eigenvalue weighted by molar-refractivity contribution is 0.303. The predicted molar refractivity (Wildman–Crippen MR) is 73.5 cm³/mol. The Hall–Kier alpha value is -2.49. The molecule has 0 aliphatic heterocycles. The Morgan fingerprint density at radius 1 is 1.10 bits per heavy atom. The van der Waals surface area contributed by atoms with Crippen LogP contribution in [-0.4, -0.2) is 7.11 Å². The van der Waals surface area contributed by atoms with Gasteiger partial charge in [-0.25, -0.2) is 4.39 Å². The van der Waals surface area contributed by atoms with Gasteiger partial charge in [-0.3, -0.25) is 0 Å². The van der Waals surface area contributed by atoms with E-state index in [1.54, 1.807) is 19.2 Å². The Labute approximate surface area is 115 Å². The van der Waals surface area contributed by atoms with Crippen molar-refractivity contribution in [1.82, 2.24) is 0 Å². The highest BCUT2D eigenvalue weighted by Crippen LogP contribution is 2.25. The van der Waals surface area contributed by atoms with Crippen LogP contribution in [0.1, 0.15) is 5.56 Å². The van der Waals surface area contributed by atoms with Gasteiger partial charge in [-0.1, -0.05) is 18.2 Å². The van der Waals surface area contributed by atoms with Gasteiger partial charge in [-0.2, -0.15) is 0 Å². The summed E-state index contributed by atoms with van der Waals surface area (Å²) >= 11 is 0. The second-order valence-electron chi connectivity index (χ2n) is 4.35. The SMILES string of the molecule is COc1cccc(OCc2coc3c(F)cccc23)c1. The number of ether oxygens (including phenoxy) is 2. The van der Waals surface area contributed by atoms with Crippen LogP contribution in [0.2, 0.25) is 0 Å². The van der Waals surface area contributed by atoms with E-state index in [-0.39, 0.29) is 11.4 Å². The Kier molecular flexibility index (Phi) is 3.29. The van der Waals surface area contributed by atoms with Crippen molar-refractivity contribution in [3.05, 3.63) is 60.1 Å². The van der Waals surface area contributed by atoms with Crippen LogP contribution < -0.4 is 9.47 Å². The Morgan fingerprint density at radius 3 is 2.75 bits per heavy atom. The summed E-state index contributed by atoms with van der Waals surface area (Å²) in [5.41, 5.74) is 1.07. The highest BCUT2D eigenvalue weighted by atomic mass is 19.1. The molecule has 0 aliphatic carbocycles. The van der Waals surface area contributed by atoms with E-state index < -0.39 is 0 Å². The molecule has 1 heterocycles. The molecule has 20 heavy (non-hydrogen) atoms. The van der Waals surface area contributed by atoms with E-state index in [0.29, 0.717) is 12.4 Å². The number of furan rings is 1. The quantitative estimate of drug-likeness (QED) is 0.714. The number of rotatable bonds is 4. The Balaban J connectivity index is 1.81. The Bertz CT molecular complexity index is 733.